The van der Waals surface area contributed by atoms with Crippen LogP contribution in [0.4, 0.5) is 0 Å². The summed E-state index contributed by atoms with van der Waals surface area (Å²) < 4.78 is 16.7. The van der Waals surface area contributed by atoms with Crippen molar-refractivity contribution in [1.82, 2.24) is 0 Å². The summed E-state index contributed by atoms with van der Waals surface area (Å²) in [5.41, 5.74) is 0. The van der Waals surface area contributed by atoms with E-state index in [9.17, 15) is 14.4 Å². The van der Waals surface area contributed by atoms with Gasteiger partial charge in [-0.05, 0) is 83.5 Å². The number of ether oxygens (including phenoxy) is 3. The second kappa shape index (κ2) is 49.5. The first kappa shape index (κ1) is 57.9. The quantitative estimate of drug-likeness (QED) is 0.0263. The van der Waals surface area contributed by atoms with Crippen molar-refractivity contribution in [3.05, 3.63) is 72.9 Å². The second-order valence-corrected chi connectivity index (χ2v) is 16.7. The molecule has 6 nitrogen and oxygen atoms in total. The number of carbonyl (C=O) groups excluding carboxylic acids is 3. The van der Waals surface area contributed by atoms with Crippen molar-refractivity contribution in [3.63, 3.8) is 0 Å². The molecule has 0 aromatic heterocycles. The van der Waals surface area contributed by atoms with Gasteiger partial charge >= 0.3 is 17.9 Å². The number of hydrogen-bond donors (Lipinski definition) is 0. The summed E-state index contributed by atoms with van der Waals surface area (Å²) in [6.45, 7) is 6.45. The lowest BCUT2D eigenvalue weighted by Gasteiger charge is -2.18. The van der Waals surface area contributed by atoms with Gasteiger partial charge in [-0.2, -0.15) is 0 Å². The van der Waals surface area contributed by atoms with E-state index < -0.39 is 6.10 Å². The van der Waals surface area contributed by atoms with Crippen molar-refractivity contribution in [3.8, 4) is 0 Å². The zero-order valence-electron chi connectivity index (χ0n) is 39.9. The van der Waals surface area contributed by atoms with E-state index in [4.69, 9.17) is 14.2 Å². The van der Waals surface area contributed by atoms with Gasteiger partial charge in [0.25, 0.3) is 0 Å². The Morgan fingerprint density at radius 1 is 0.344 bits per heavy atom. The fraction of sp³-hybridized carbons (Fsp3) is 0.727. The summed E-state index contributed by atoms with van der Waals surface area (Å²) in [7, 11) is 0. The number of carbonyl (C=O) groups is 3. The first-order valence-electron chi connectivity index (χ1n) is 25.4. The minimum Gasteiger partial charge on any atom is -0.462 e. The van der Waals surface area contributed by atoms with Gasteiger partial charge < -0.3 is 14.2 Å². The Kier molecular flexibility index (Phi) is 46.9. The van der Waals surface area contributed by atoms with E-state index in [-0.39, 0.29) is 37.5 Å². The lowest BCUT2D eigenvalue weighted by molar-refractivity contribution is -0.167. The second-order valence-electron chi connectivity index (χ2n) is 16.7. The SMILES string of the molecule is CC/C=C/C/C=C/C/C=C/C/C=C/C/C=C/CCCC(=O)OC[C@@H](COC(=O)CCCCCCCCCCCCCCC)OC(=O)CCCCCCC/C=C/CCCCCC. The fourth-order valence-corrected chi connectivity index (χ4v) is 6.88. The summed E-state index contributed by atoms with van der Waals surface area (Å²) >= 11 is 0. The average Bonchev–Trinajstić information content (AvgIpc) is 3.26. The van der Waals surface area contributed by atoms with Crippen LogP contribution in [0.1, 0.15) is 239 Å². The van der Waals surface area contributed by atoms with Crippen LogP contribution < -0.4 is 0 Å². The minimum absolute atomic E-state index is 0.0948. The van der Waals surface area contributed by atoms with E-state index in [0.29, 0.717) is 19.3 Å². The lowest BCUT2D eigenvalue weighted by atomic mass is 10.0. The Balaban J connectivity index is 4.47. The topological polar surface area (TPSA) is 78.9 Å². The normalized spacial score (nSPS) is 12.6. The maximum Gasteiger partial charge on any atom is 0.306 e. The Hall–Kier alpha value is -3.15. The molecule has 350 valence electrons. The van der Waals surface area contributed by atoms with Crippen molar-refractivity contribution < 1.29 is 28.6 Å². The predicted molar refractivity (Wildman–Crippen MR) is 261 cm³/mol. The maximum atomic E-state index is 12.8. The van der Waals surface area contributed by atoms with Crippen molar-refractivity contribution in [1.29, 1.82) is 0 Å². The summed E-state index contributed by atoms with van der Waals surface area (Å²) in [4.78, 5) is 37.9. The van der Waals surface area contributed by atoms with E-state index in [1.165, 1.54) is 103 Å². The molecule has 0 aliphatic heterocycles. The largest absolute Gasteiger partial charge is 0.462 e. The van der Waals surface area contributed by atoms with Crippen LogP contribution in [0.5, 0.6) is 0 Å². The number of unbranched alkanes of at least 4 members (excludes halogenated alkanes) is 22. The van der Waals surface area contributed by atoms with Crippen molar-refractivity contribution in [2.75, 3.05) is 13.2 Å². The summed E-state index contributed by atoms with van der Waals surface area (Å²) in [5, 5.41) is 0. The molecule has 0 aromatic rings. The van der Waals surface area contributed by atoms with Crippen LogP contribution in [0.2, 0.25) is 0 Å². The number of rotatable bonds is 45. The highest BCUT2D eigenvalue weighted by Gasteiger charge is 2.19. The molecule has 6 heteroatoms. The van der Waals surface area contributed by atoms with Crippen LogP contribution in [0.15, 0.2) is 72.9 Å². The van der Waals surface area contributed by atoms with Gasteiger partial charge in [0, 0.05) is 19.3 Å². The smallest absolute Gasteiger partial charge is 0.306 e. The predicted octanol–water partition coefficient (Wildman–Crippen LogP) is 16.6. The zero-order valence-corrected chi connectivity index (χ0v) is 39.9. The van der Waals surface area contributed by atoms with Gasteiger partial charge in [-0.15, -0.1) is 0 Å². The Labute approximate surface area is 376 Å². The maximum absolute atomic E-state index is 12.8. The van der Waals surface area contributed by atoms with Crippen molar-refractivity contribution in [2.24, 2.45) is 0 Å². The highest BCUT2D eigenvalue weighted by atomic mass is 16.6. The van der Waals surface area contributed by atoms with Crippen molar-refractivity contribution in [2.45, 2.75) is 245 Å². The van der Waals surface area contributed by atoms with Crippen LogP contribution in [-0.4, -0.2) is 37.2 Å². The number of allylic oxidation sites excluding steroid dienone is 12. The van der Waals surface area contributed by atoms with Gasteiger partial charge in [-0.25, -0.2) is 0 Å². The standard InChI is InChI=1S/C55H94O6/c1-4-7-10-13-16-19-22-25-26-27-28-31-33-36-39-42-45-48-54(57)60-51-52(61-55(58)49-46-43-40-37-34-30-24-21-18-15-12-9-6-3)50-59-53(56)47-44-41-38-35-32-29-23-20-17-14-11-8-5-2/h7,10,16,19,21,24-26,28,31,36,39,52H,4-6,8-9,11-15,17-18,20,22-23,27,29-30,32-35,37-38,40-51H2,1-3H3/b10-7+,19-16+,24-21+,26-25+,31-28+,39-36+/t52-/m1/s1. The van der Waals surface area contributed by atoms with Crippen LogP contribution in [0, 0.1) is 0 Å². The van der Waals surface area contributed by atoms with Gasteiger partial charge in [-0.1, -0.05) is 209 Å². The molecule has 0 aliphatic carbocycles. The summed E-state index contributed by atoms with van der Waals surface area (Å²) in [6.07, 6.45) is 61.7. The van der Waals surface area contributed by atoms with Gasteiger partial charge in [0.2, 0.25) is 0 Å². The molecule has 0 aliphatic rings. The zero-order chi connectivity index (χ0) is 44.4. The molecule has 0 aromatic carbocycles. The molecule has 0 heterocycles. The molecule has 0 saturated heterocycles. The molecule has 1 atom stereocenters. The van der Waals surface area contributed by atoms with Crippen molar-refractivity contribution >= 4 is 17.9 Å². The average molecular weight is 851 g/mol. The number of esters is 3. The molecule has 0 rings (SSSR count). The van der Waals surface area contributed by atoms with Crippen LogP contribution in [0.3, 0.4) is 0 Å². The fourth-order valence-electron chi connectivity index (χ4n) is 6.88. The van der Waals surface area contributed by atoms with E-state index >= 15 is 0 Å². The third-order valence-electron chi connectivity index (χ3n) is 10.7. The van der Waals surface area contributed by atoms with E-state index in [1.54, 1.807) is 0 Å². The summed E-state index contributed by atoms with van der Waals surface area (Å²) in [5.74, 6) is -0.963. The monoisotopic (exact) mass is 851 g/mol. The van der Waals surface area contributed by atoms with Crippen LogP contribution in [0.25, 0.3) is 0 Å². The Morgan fingerprint density at radius 2 is 0.656 bits per heavy atom. The highest BCUT2D eigenvalue weighted by Crippen LogP contribution is 2.14. The number of hydrogen-bond acceptors (Lipinski definition) is 6. The Morgan fingerprint density at radius 3 is 1.10 bits per heavy atom. The molecule has 0 spiro atoms. The van der Waals surface area contributed by atoms with E-state index in [1.807, 2.05) is 0 Å². The molecule has 0 radical (unpaired) electrons. The Bertz CT molecular complexity index is 1160. The highest BCUT2D eigenvalue weighted by molar-refractivity contribution is 5.71. The lowest BCUT2D eigenvalue weighted by Crippen LogP contribution is -2.30. The van der Waals surface area contributed by atoms with E-state index in [2.05, 4.69) is 93.7 Å². The van der Waals surface area contributed by atoms with Gasteiger partial charge in [0.15, 0.2) is 6.10 Å². The molecule has 0 saturated carbocycles. The van der Waals surface area contributed by atoms with Gasteiger partial charge in [0.1, 0.15) is 13.2 Å². The molecule has 0 fully saturated rings. The molecule has 0 unspecified atom stereocenters. The minimum atomic E-state index is -0.799. The molecular weight excluding hydrogens is 757 g/mol. The third kappa shape index (κ3) is 47.7. The summed E-state index contributed by atoms with van der Waals surface area (Å²) in [6, 6.07) is 0. The van der Waals surface area contributed by atoms with Crippen LogP contribution >= 0.6 is 0 Å². The molecule has 0 amide bonds. The molecule has 0 N–H and O–H groups in total. The third-order valence-corrected chi connectivity index (χ3v) is 10.7. The van der Waals surface area contributed by atoms with E-state index in [0.717, 1.165) is 89.9 Å². The first-order chi connectivity index (χ1) is 30.0. The molecule has 61 heavy (non-hydrogen) atoms. The van der Waals surface area contributed by atoms with Gasteiger partial charge in [-0.3, -0.25) is 14.4 Å². The first-order valence-corrected chi connectivity index (χ1v) is 25.4. The van der Waals surface area contributed by atoms with Gasteiger partial charge in [0.05, 0.1) is 0 Å². The van der Waals surface area contributed by atoms with Crippen LogP contribution in [-0.2, 0) is 28.6 Å². The molecule has 0 bridgehead atoms. The molecular formula is C55H94O6.